The quantitative estimate of drug-likeness (QED) is 0.306. The molecule has 0 atom stereocenters. The minimum atomic E-state index is 0.658. The van der Waals surface area contributed by atoms with E-state index in [1.807, 2.05) is 61.5 Å². The van der Waals surface area contributed by atoms with Gasteiger partial charge in [0.1, 0.15) is 23.6 Å². The summed E-state index contributed by atoms with van der Waals surface area (Å²) in [6, 6.07) is 20.6. The highest BCUT2D eigenvalue weighted by atomic mass is 35.5. The normalized spacial score (nSPS) is 11.0. The molecule has 0 fully saturated rings. The number of benzene rings is 3. The van der Waals surface area contributed by atoms with Gasteiger partial charge >= 0.3 is 0 Å². The van der Waals surface area contributed by atoms with E-state index in [1.165, 1.54) is 6.33 Å². The molecule has 0 saturated carbocycles. The molecule has 0 spiro atoms. The van der Waals surface area contributed by atoms with Gasteiger partial charge in [-0.05, 0) is 73.2 Å². The zero-order valence-electron chi connectivity index (χ0n) is 17.0. The summed E-state index contributed by atoms with van der Waals surface area (Å²) in [5.41, 5.74) is 3.39. The van der Waals surface area contributed by atoms with Crippen molar-refractivity contribution in [2.45, 2.75) is 6.92 Å². The van der Waals surface area contributed by atoms with Crippen molar-refractivity contribution in [2.24, 2.45) is 0 Å². The Balaban J connectivity index is 1.39. The molecule has 0 bridgehead atoms. The highest BCUT2D eigenvalue weighted by Crippen LogP contribution is 2.28. The summed E-state index contributed by atoms with van der Waals surface area (Å²) in [7, 11) is 0. The average molecular weight is 462 g/mol. The van der Waals surface area contributed by atoms with E-state index in [4.69, 9.17) is 27.9 Å². The van der Waals surface area contributed by atoms with E-state index in [1.54, 1.807) is 23.0 Å². The fraction of sp³-hybridized carbons (Fsp3) is 0.0417. The average Bonchev–Trinajstić information content (AvgIpc) is 3.24. The van der Waals surface area contributed by atoms with Crippen LogP contribution in [0.2, 0.25) is 10.0 Å². The Hall–Kier alpha value is -3.61. The number of nitrogens with one attached hydrogen (secondary N) is 1. The van der Waals surface area contributed by atoms with Gasteiger partial charge in [-0.15, -0.1) is 0 Å². The van der Waals surface area contributed by atoms with Gasteiger partial charge in [-0.2, -0.15) is 5.10 Å². The first kappa shape index (κ1) is 20.3. The SMILES string of the molecule is Cc1ccc(-n2ncc3c(Nc4ccc(Oc5ccc(Cl)cc5)cc4)ncnc32)cc1Cl. The van der Waals surface area contributed by atoms with Crippen LogP contribution in [0.4, 0.5) is 11.5 Å². The smallest absolute Gasteiger partial charge is 0.168 e. The number of anilines is 2. The molecule has 0 unspecified atom stereocenters. The van der Waals surface area contributed by atoms with E-state index in [9.17, 15) is 0 Å². The molecule has 2 aromatic heterocycles. The Bertz CT molecular complexity index is 1400. The van der Waals surface area contributed by atoms with Crippen molar-refractivity contribution in [2.75, 3.05) is 5.32 Å². The number of rotatable bonds is 5. The van der Waals surface area contributed by atoms with Gasteiger partial charge in [0, 0.05) is 15.7 Å². The van der Waals surface area contributed by atoms with E-state index < -0.39 is 0 Å². The van der Waals surface area contributed by atoms with Gasteiger partial charge in [0.15, 0.2) is 5.65 Å². The molecule has 0 aliphatic heterocycles. The maximum absolute atomic E-state index is 6.29. The van der Waals surface area contributed by atoms with E-state index in [-0.39, 0.29) is 0 Å². The van der Waals surface area contributed by atoms with Crippen LogP contribution < -0.4 is 10.1 Å². The van der Waals surface area contributed by atoms with Crippen LogP contribution >= 0.6 is 23.2 Å². The van der Waals surface area contributed by atoms with Crippen LogP contribution in [0.25, 0.3) is 16.7 Å². The second-order valence-corrected chi connectivity index (χ2v) is 8.00. The fourth-order valence-corrected chi connectivity index (χ4v) is 3.53. The number of ether oxygens (including phenoxy) is 1. The molecule has 0 saturated heterocycles. The lowest BCUT2D eigenvalue weighted by molar-refractivity contribution is 0.483. The molecule has 0 aliphatic rings. The van der Waals surface area contributed by atoms with Crippen molar-refractivity contribution in [3.63, 3.8) is 0 Å². The Labute approximate surface area is 194 Å². The summed E-state index contributed by atoms with van der Waals surface area (Å²) in [5.74, 6) is 2.09. The van der Waals surface area contributed by atoms with Crippen LogP contribution in [-0.4, -0.2) is 19.7 Å². The number of halogens is 2. The number of aromatic nitrogens is 4. The molecule has 3 aromatic carbocycles. The van der Waals surface area contributed by atoms with Crippen molar-refractivity contribution in [3.05, 3.63) is 94.9 Å². The standard InChI is InChI=1S/C24H17Cl2N5O/c1-15-2-7-18(12-22(15)26)31-24-21(13-29-31)23(27-14-28-24)30-17-5-10-20(11-6-17)32-19-8-3-16(25)4-9-19/h2-14H,1H3,(H,27,28,30). The summed E-state index contributed by atoms with van der Waals surface area (Å²) >= 11 is 12.2. The third-order valence-corrected chi connectivity index (χ3v) is 5.59. The second-order valence-electron chi connectivity index (χ2n) is 7.15. The lowest BCUT2D eigenvalue weighted by atomic mass is 10.2. The van der Waals surface area contributed by atoms with Gasteiger partial charge in [0.2, 0.25) is 0 Å². The molecule has 0 amide bonds. The summed E-state index contributed by atoms with van der Waals surface area (Å²) in [5, 5.41) is 9.96. The molecule has 158 valence electrons. The van der Waals surface area contributed by atoms with Crippen LogP contribution in [0.3, 0.4) is 0 Å². The monoisotopic (exact) mass is 461 g/mol. The Morgan fingerprint density at radius 2 is 1.59 bits per heavy atom. The lowest BCUT2D eigenvalue weighted by Gasteiger charge is -2.09. The third kappa shape index (κ3) is 4.10. The number of nitrogens with zero attached hydrogens (tertiary/aromatic N) is 4. The van der Waals surface area contributed by atoms with Crippen molar-refractivity contribution in [1.82, 2.24) is 19.7 Å². The third-order valence-electron chi connectivity index (χ3n) is 4.93. The topological polar surface area (TPSA) is 64.9 Å². The summed E-state index contributed by atoms with van der Waals surface area (Å²) in [6.45, 7) is 1.96. The summed E-state index contributed by atoms with van der Waals surface area (Å²) in [4.78, 5) is 8.81. The molecule has 1 N–H and O–H groups in total. The van der Waals surface area contributed by atoms with Crippen LogP contribution in [0, 0.1) is 6.92 Å². The molecule has 6 nitrogen and oxygen atoms in total. The van der Waals surface area contributed by atoms with Crippen molar-refractivity contribution >= 4 is 45.7 Å². The molecular formula is C24H17Cl2N5O. The first-order valence-electron chi connectivity index (χ1n) is 9.82. The van der Waals surface area contributed by atoms with Crippen molar-refractivity contribution in [3.8, 4) is 17.2 Å². The number of hydrogen-bond acceptors (Lipinski definition) is 5. The molecule has 0 radical (unpaired) electrons. The minimum Gasteiger partial charge on any atom is -0.457 e. The van der Waals surface area contributed by atoms with Crippen LogP contribution in [0.1, 0.15) is 5.56 Å². The van der Waals surface area contributed by atoms with Crippen molar-refractivity contribution in [1.29, 1.82) is 0 Å². The molecule has 32 heavy (non-hydrogen) atoms. The predicted molar refractivity (Wildman–Crippen MR) is 128 cm³/mol. The predicted octanol–water partition coefficient (Wildman–Crippen LogP) is 6.97. The lowest BCUT2D eigenvalue weighted by Crippen LogP contribution is -2.00. The fourth-order valence-electron chi connectivity index (χ4n) is 3.23. The highest BCUT2D eigenvalue weighted by Gasteiger charge is 2.12. The Morgan fingerprint density at radius 1 is 0.875 bits per heavy atom. The highest BCUT2D eigenvalue weighted by molar-refractivity contribution is 6.31. The van der Waals surface area contributed by atoms with Crippen LogP contribution in [-0.2, 0) is 0 Å². The van der Waals surface area contributed by atoms with Gasteiger partial charge < -0.3 is 10.1 Å². The molecule has 0 aliphatic carbocycles. The van der Waals surface area contributed by atoms with Gasteiger partial charge in [-0.25, -0.2) is 14.6 Å². The van der Waals surface area contributed by atoms with E-state index in [0.717, 1.165) is 33.8 Å². The minimum absolute atomic E-state index is 0.658. The van der Waals surface area contributed by atoms with E-state index in [2.05, 4.69) is 20.4 Å². The maximum atomic E-state index is 6.29. The second kappa shape index (κ2) is 8.49. The zero-order chi connectivity index (χ0) is 22.1. The van der Waals surface area contributed by atoms with Crippen LogP contribution in [0.15, 0.2) is 79.3 Å². The number of aryl methyl sites for hydroxylation is 1. The maximum Gasteiger partial charge on any atom is 0.168 e. The van der Waals surface area contributed by atoms with Gasteiger partial charge in [-0.1, -0.05) is 29.3 Å². The zero-order valence-corrected chi connectivity index (χ0v) is 18.5. The van der Waals surface area contributed by atoms with Crippen molar-refractivity contribution < 1.29 is 4.74 Å². The van der Waals surface area contributed by atoms with E-state index in [0.29, 0.717) is 21.5 Å². The Morgan fingerprint density at radius 3 is 2.31 bits per heavy atom. The van der Waals surface area contributed by atoms with Gasteiger partial charge in [0.05, 0.1) is 17.3 Å². The molecule has 5 aromatic rings. The molecular weight excluding hydrogens is 445 g/mol. The van der Waals surface area contributed by atoms with E-state index >= 15 is 0 Å². The molecule has 8 heteroatoms. The largest absolute Gasteiger partial charge is 0.457 e. The first-order chi connectivity index (χ1) is 15.6. The summed E-state index contributed by atoms with van der Waals surface area (Å²) in [6.07, 6.45) is 3.25. The number of fused-ring (bicyclic) bond motifs is 1. The van der Waals surface area contributed by atoms with Gasteiger partial charge in [-0.3, -0.25) is 0 Å². The summed E-state index contributed by atoms with van der Waals surface area (Å²) < 4.78 is 7.59. The molecule has 2 heterocycles. The Kier molecular flexibility index (Phi) is 5.39. The van der Waals surface area contributed by atoms with Gasteiger partial charge in [0.25, 0.3) is 0 Å². The number of hydrogen-bond donors (Lipinski definition) is 1. The van der Waals surface area contributed by atoms with Crippen LogP contribution in [0.5, 0.6) is 11.5 Å². The first-order valence-corrected chi connectivity index (χ1v) is 10.6. The molecule has 5 rings (SSSR count).